The summed E-state index contributed by atoms with van der Waals surface area (Å²) in [5.74, 6) is 0. The molecular formula is C12H10ClF3S. The van der Waals surface area contributed by atoms with Crippen LogP contribution in [-0.2, 0) is 0 Å². The molecule has 0 aliphatic carbocycles. The fourth-order valence-electron chi connectivity index (χ4n) is 1.16. The average Bonchev–Trinajstić information content (AvgIpc) is 2.12. The lowest BCUT2D eigenvalue weighted by molar-refractivity contribution is -0.0686. The SMILES string of the molecule is C=C(C)Sc1cc(Cl)cc(C(=C)C(F)(F)F)c1. The van der Waals surface area contributed by atoms with Crippen LogP contribution in [0.25, 0.3) is 5.57 Å². The molecule has 0 heterocycles. The summed E-state index contributed by atoms with van der Waals surface area (Å²) in [6.45, 7) is 8.49. The number of thioether (sulfide) groups is 1. The molecule has 1 aromatic rings. The van der Waals surface area contributed by atoms with Gasteiger partial charge in [0.05, 0.1) is 5.57 Å². The minimum atomic E-state index is -4.45. The van der Waals surface area contributed by atoms with Gasteiger partial charge in [0.2, 0.25) is 0 Å². The van der Waals surface area contributed by atoms with Crippen LogP contribution in [0.4, 0.5) is 13.2 Å². The Bertz CT molecular complexity index is 463. The van der Waals surface area contributed by atoms with Gasteiger partial charge in [-0.3, -0.25) is 0 Å². The fraction of sp³-hybridized carbons (Fsp3) is 0.167. The molecule has 5 heteroatoms. The van der Waals surface area contributed by atoms with Crippen LogP contribution in [0.5, 0.6) is 0 Å². The van der Waals surface area contributed by atoms with Gasteiger partial charge in [-0.05, 0) is 35.6 Å². The van der Waals surface area contributed by atoms with Crippen molar-refractivity contribution in [2.24, 2.45) is 0 Å². The number of benzene rings is 1. The van der Waals surface area contributed by atoms with E-state index < -0.39 is 11.7 Å². The number of allylic oxidation sites excluding steroid dienone is 2. The van der Waals surface area contributed by atoms with Crippen molar-refractivity contribution in [1.82, 2.24) is 0 Å². The van der Waals surface area contributed by atoms with Gasteiger partial charge in [0, 0.05) is 9.92 Å². The van der Waals surface area contributed by atoms with E-state index in [1.165, 1.54) is 23.9 Å². The van der Waals surface area contributed by atoms with Gasteiger partial charge in [-0.15, -0.1) is 0 Å². The molecule has 0 spiro atoms. The van der Waals surface area contributed by atoms with E-state index in [1.807, 2.05) is 0 Å². The minimum absolute atomic E-state index is 0.0197. The lowest BCUT2D eigenvalue weighted by Gasteiger charge is -2.12. The Hall–Kier alpha value is -0.870. The highest BCUT2D eigenvalue weighted by Crippen LogP contribution is 2.36. The third-order valence-electron chi connectivity index (χ3n) is 1.85. The molecule has 1 rings (SSSR count). The zero-order valence-corrected chi connectivity index (χ0v) is 10.6. The summed E-state index contributed by atoms with van der Waals surface area (Å²) < 4.78 is 37.5. The second-order valence-corrected chi connectivity index (χ2v) is 5.26. The molecule has 0 amide bonds. The van der Waals surface area contributed by atoms with E-state index in [9.17, 15) is 13.2 Å². The molecular weight excluding hydrogens is 269 g/mol. The van der Waals surface area contributed by atoms with Crippen molar-refractivity contribution in [3.05, 3.63) is 46.8 Å². The van der Waals surface area contributed by atoms with Crippen LogP contribution in [0.2, 0.25) is 5.02 Å². The first-order valence-corrected chi connectivity index (χ1v) is 5.80. The third kappa shape index (κ3) is 4.13. The lowest BCUT2D eigenvalue weighted by atomic mass is 10.1. The molecule has 0 saturated heterocycles. The van der Waals surface area contributed by atoms with Crippen molar-refractivity contribution in [2.45, 2.75) is 18.0 Å². The third-order valence-corrected chi connectivity index (χ3v) is 2.89. The molecule has 0 bridgehead atoms. The normalized spacial score (nSPS) is 11.4. The second-order valence-electron chi connectivity index (χ2n) is 3.46. The lowest BCUT2D eigenvalue weighted by Crippen LogP contribution is -2.09. The highest BCUT2D eigenvalue weighted by Gasteiger charge is 2.33. The van der Waals surface area contributed by atoms with E-state index in [2.05, 4.69) is 13.2 Å². The molecule has 0 saturated carbocycles. The molecule has 0 fully saturated rings. The molecule has 0 atom stereocenters. The number of halogens is 4. The Morgan fingerprint density at radius 1 is 1.24 bits per heavy atom. The highest BCUT2D eigenvalue weighted by molar-refractivity contribution is 8.03. The minimum Gasteiger partial charge on any atom is -0.166 e. The summed E-state index contributed by atoms with van der Waals surface area (Å²) in [5, 5.41) is 0.247. The van der Waals surface area contributed by atoms with Crippen LogP contribution >= 0.6 is 23.4 Å². The van der Waals surface area contributed by atoms with Crippen molar-refractivity contribution >= 4 is 28.9 Å². The first kappa shape index (κ1) is 14.2. The van der Waals surface area contributed by atoms with E-state index >= 15 is 0 Å². The Balaban J connectivity index is 3.14. The van der Waals surface area contributed by atoms with Gasteiger partial charge >= 0.3 is 6.18 Å². The largest absolute Gasteiger partial charge is 0.416 e. The van der Waals surface area contributed by atoms with Crippen LogP contribution in [0.3, 0.4) is 0 Å². The maximum Gasteiger partial charge on any atom is 0.416 e. The first-order chi connectivity index (χ1) is 7.70. The summed E-state index contributed by atoms with van der Waals surface area (Å²) in [6.07, 6.45) is -4.45. The Morgan fingerprint density at radius 2 is 1.82 bits per heavy atom. The Labute approximate surface area is 107 Å². The predicted octanol–water partition coefficient (Wildman–Crippen LogP) is 5.54. The van der Waals surface area contributed by atoms with E-state index in [-0.39, 0.29) is 10.6 Å². The molecule has 0 nitrogen and oxygen atoms in total. The van der Waals surface area contributed by atoms with Crippen molar-refractivity contribution < 1.29 is 13.2 Å². The van der Waals surface area contributed by atoms with Gasteiger partial charge in [-0.25, -0.2) is 0 Å². The van der Waals surface area contributed by atoms with Gasteiger partial charge in [0.15, 0.2) is 0 Å². The smallest absolute Gasteiger partial charge is 0.166 e. The average molecular weight is 279 g/mol. The quantitative estimate of drug-likeness (QED) is 0.654. The van der Waals surface area contributed by atoms with Crippen molar-refractivity contribution in [1.29, 1.82) is 0 Å². The van der Waals surface area contributed by atoms with E-state index in [0.29, 0.717) is 4.90 Å². The topological polar surface area (TPSA) is 0 Å². The summed E-state index contributed by atoms with van der Waals surface area (Å²) in [7, 11) is 0. The molecule has 17 heavy (non-hydrogen) atoms. The van der Waals surface area contributed by atoms with E-state index in [4.69, 9.17) is 11.6 Å². The van der Waals surface area contributed by atoms with E-state index in [1.54, 1.807) is 13.0 Å². The summed E-state index contributed by atoms with van der Waals surface area (Å²) in [4.78, 5) is 1.39. The van der Waals surface area contributed by atoms with Gasteiger partial charge in [-0.2, -0.15) is 13.2 Å². The number of hydrogen-bond acceptors (Lipinski definition) is 1. The molecule has 1 aromatic carbocycles. The van der Waals surface area contributed by atoms with Crippen molar-refractivity contribution in [2.75, 3.05) is 0 Å². The van der Waals surface area contributed by atoms with Gasteiger partial charge in [-0.1, -0.05) is 36.5 Å². The van der Waals surface area contributed by atoms with Crippen molar-refractivity contribution in [3.8, 4) is 0 Å². The van der Waals surface area contributed by atoms with E-state index in [0.717, 1.165) is 4.91 Å². The number of hydrogen-bond donors (Lipinski definition) is 0. The molecule has 92 valence electrons. The molecule has 0 aromatic heterocycles. The number of rotatable bonds is 3. The molecule has 0 N–H and O–H groups in total. The zero-order valence-electron chi connectivity index (χ0n) is 9.07. The second kappa shape index (κ2) is 5.19. The van der Waals surface area contributed by atoms with Crippen molar-refractivity contribution in [3.63, 3.8) is 0 Å². The molecule has 0 aliphatic heterocycles. The summed E-state index contributed by atoms with van der Waals surface area (Å²) >= 11 is 7.04. The Kier molecular flexibility index (Phi) is 4.33. The predicted molar refractivity (Wildman–Crippen MR) is 67.2 cm³/mol. The highest BCUT2D eigenvalue weighted by atomic mass is 35.5. The van der Waals surface area contributed by atoms with Crippen LogP contribution in [0, 0.1) is 0 Å². The summed E-state index contributed by atoms with van der Waals surface area (Å²) in [5.41, 5.74) is -0.919. The van der Waals surface area contributed by atoms with Gasteiger partial charge < -0.3 is 0 Å². The van der Waals surface area contributed by atoms with Gasteiger partial charge in [0.1, 0.15) is 0 Å². The summed E-state index contributed by atoms with van der Waals surface area (Å²) in [6, 6.07) is 4.25. The monoisotopic (exact) mass is 278 g/mol. The molecule has 0 aliphatic rings. The Morgan fingerprint density at radius 3 is 2.29 bits per heavy atom. The zero-order chi connectivity index (χ0) is 13.2. The molecule has 0 unspecified atom stereocenters. The van der Waals surface area contributed by atoms with Crippen LogP contribution in [-0.4, -0.2) is 6.18 Å². The standard InChI is InChI=1S/C12H10ClF3S/c1-7(2)17-11-5-9(4-10(13)6-11)8(3)12(14,15)16/h4-6H,1,3H2,2H3. The molecule has 0 radical (unpaired) electrons. The maximum atomic E-state index is 12.5. The van der Waals surface area contributed by atoms with Crippen LogP contribution < -0.4 is 0 Å². The fourth-order valence-corrected chi connectivity index (χ4v) is 2.23. The van der Waals surface area contributed by atoms with Crippen LogP contribution in [0.1, 0.15) is 12.5 Å². The maximum absolute atomic E-state index is 12.5. The first-order valence-electron chi connectivity index (χ1n) is 4.60. The van der Waals surface area contributed by atoms with Crippen LogP contribution in [0.15, 0.2) is 41.2 Å². The van der Waals surface area contributed by atoms with Gasteiger partial charge in [0.25, 0.3) is 0 Å². The number of alkyl halides is 3.